The average Bonchev–Trinajstić information content (AvgIpc) is 2.20. The molecule has 0 spiro atoms. The van der Waals surface area contributed by atoms with Gasteiger partial charge in [-0.25, -0.2) is 4.79 Å². The number of primary amides is 1. The van der Waals surface area contributed by atoms with Gasteiger partial charge in [-0.3, -0.25) is 0 Å². The van der Waals surface area contributed by atoms with Crippen LogP contribution < -0.4 is 5.32 Å². The SMILES string of the molecule is [CH2-][NH2+]C(=O)C(CC)c1ccccc1. The summed E-state index contributed by atoms with van der Waals surface area (Å²) in [4.78, 5) is 11.4. The van der Waals surface area contributed by atoms with Gasteiger partial charge >= 0.3 is 0 Å². The quantitative estimate of drug-likeness (QED) is 0.688. The van der Waals surface area contributed by atoms with Crippen molar-refractivity contribution in [2.45, 2.75) is 19.3 Å². The second kappa shape index (κ2) is 4.77. The van der Waals surface area contributed by atoms with E-state index in [1.54, 1.807) is 0 Å². The molecule has 1 atom stereocenters. The molecule has 0 aliphatic carbocycles. The molecular formula is C11H15NO. The molecule has 0 bridgehead atoms. The Morgan fingerprint density at radius 2 is 2.08 bits per heavy atom. The minimum atomic E-state index is -0.0151. The van der Waals surface area contributed by atoms with E-state index in [0.29, 0.717) is 0 Å². The van der Waals surface area contributed by atoms with Crippen molar-refractivity contribution in [2.24, 2.45) is 0 Å². The molecule has 0 saturated carbocycles. The van der Waals surface area contributed by atoms with Gasteiger partial charge in [0.05, 0.1) is 5.92 Å². The van der Waals surface area contributed by atoms with Gasteiger partial charge < -0.3 is 5.32 Å². The van der Waals surface area contributed by atoms with Gasteiger partial charge in [-0.2, -0.15) is 0 Å². The van der Waals surface area contributed by atoms with Gasteiger partial charge in [0.15, 0.2) is 0 Å². The molecule has 0 radical (unpaired) electrons. The smallest absolute Gasteiger partial charge is 0.292 e. The molecule has 1 rings (SSSR count). The number of benzene rings is 1. The second-order valence-electron chi connectivity index (χ2n) is 2.98. The van der Waals surface area contributed by atoms with Gasteiger partial charge in [0.2, 0.25) is 0 Å². The van der Waals surface area contributed by atoms with E-state index in [4.69, 9.17) is 0 Å². The molecule has 0 aliphatic heterocycles. The third kappa shape index (κ3) is 2.39. The van der Waals surface area contributed by atoms with Gasteiger partial charge in [-0.05, 0) is 12.0 Å². The van der Waals surface area contributed by atoms with Crippen LogP contribution in [0.25, 0.3) is 0 Å². The fourth-order valence-corrected chi connectivity index (χ4v) is 1.43. The first-order valence-electron chi connectivity index (χ1n) is 4.50. The average molecular weight is 177 g/mol. The molecule has 0 aromatic heterocycles. The zero-order chi connectivity index (χ0) is 9.68. The first-order valence-corrected chi connectivity index (χ1v) is 4.50. The number of nitrogens with two attached hydrogens (primary N) is 1. The highest BCUT2D eigenvalue weighted by Crippen LogP contribution is 2.17. The number of amides is 1. The lowest BCUT2D eigenvalue weighted by molar-refractivity contribution is -0.508. The Morgan fingerprint density at radius 1 is 1.46 bits per heavy atom. The summed E-state index contributed by atoms with van der Waals surface area (Å²) >= 11 is 0. The minimum absolute atomic E-state index is 0.0151. The third-order valence-electron chi connectivity index (χ3n) is 2.15. The highest BCUT2D eigenvalue weighted by Gasteiger charge is 2.18. The Labute approximate surface area is 79.0 Å². The Balaban J connectivity index is 2.85. The number of carbonyl (C=O) groups excluding carboxylic acids is 1. The minimum Gasteiger partial charge on any atom is -0.415 e. The van der Waals surface area contributed by atoms with E-state index in [-0.39, 0.29) is 11.8 Å². The Kier molecular flexibility index (Phi) is 3.65. The maximum Gasteiger partial charge on any atom is 0.292 e. The predicted molar refractivity (Wildman–Crippen MR) is 51.8 cm³/mol. The van der Waals surface area contributed by atoms with Crippen molar-refractivity contribution >= 4 is 5.91 Å². The van der Waals surface area contributed by atoms with Crippen molar-refractivity contribution in [3.63, 3.8) is 0 Å². The van der Waals surface area contributed by atoms with Crippen LogP contribution in [0.1, 0.15) is 24.8 Å². The summed E-state index contributed by atoms with van der Waals surface area (Å²) in [5.74, 6) is 0.0902. The largest absolute Gasteiger partial charge is 0.415 e. The zero-order valence-electron chi connectivity index (χ0n) is 7.86. The number of hydrogen-bond donors (Lipinski definition) is 1. The van der Waals surface area contributed by atoms with Crippen LogP contribution in [0, 0.1) is 7.05 Å². The number of quaternary nitrogens is 1. The standard InChI is InChI=1S/C11H15NO/c1-3-10(11(13)12-2)9-7-5-4-6-8-9/h4-8,10H,2-3,12H2,1H3. The summed E-state index contributed by atoms with van der Waals surface area (Å²) in [6.45, 7) is 2.01. The van der Waals surface area contributed by atoms with Gasteiger partial charge in [0.1, 0.15) is 0 Å². The van der Waals surface area contributed by atoms with Crippen LogP contribution in [-0.2, 0) is 4.79 Å². The molecule has 70 valence electrons. The first kappa shape index (κ1) is 9.93. The van der Waals surface area contributed by atoms with Gasteiger partial charge in [0, 0.05) is 0 Å². The van der Waals surface area contributed by atoms with Gasteiger partial charge in [-0.15, -0.1) is 7.05 Å². The van der Waals surface area contributed by atoms with Crippen molar-refractivity contribution in [2.75, 3.05) is 0 Å². The van der Waals surface area contributed by atoms with E-state index in [1.165, 1.54) is 5.32 Å². The van der Waals surface area contributed by atoms with Crippen molar-refractivity contribution < 1.29 is 10.1 Å². The van der Waals surface area contributed by atoms with E-state index in [1.807, 2.05) is 37.3 Å². The first-order chi connectivity index (χ1) is 6.29. The molecule has 1 aromatic carbocycles. The number of hydrogen-bond acceptors (Lipinski definition) is 1. The van der Waals surface area contributed by atoms with Gasteiger partial charge in [0.25, 0.3) is 5.91 Å². The van der Waals surface area contributed by atoms with Crippen LogP contribution in [0.2, 0.25) is 0 Å². The molecule has 2 heteroatoms. The molecule has 0 fully saturated rings. The molecule has 1 unspecified atom stereocenters. The molecule has 13 heavy (non-hydrogen) atoms. The van der Waals surface area contributed by atoms with E-state index in [0.717, 1.165) is 12.0 Å². The van der Waals surface area contributed by atoms with Crippen molar-refractivity contribution in [1.82, 2.24) is 0 Å². The zero-order valence-corrected chi connectivity index (χ0v) is 7.86. The van der Waals surface area contributed by atoms with Crippen LogP contribution in [0.3, 0.4) is 0 Å². The lowest BCUT2D eigenvalue weighted by Crippen LogP contribution is -2.82. The summed E-state index contributed by atoms with van der Waals surface area (Å²) in [6, 6.07) is 9.82. The van der Waals surface area contributed by atoms with Crippen LogP contribution in [0.4, 0.5) is 0 Å². The summed E-state index contributed by atoms with van der Waals surface area (Å²) in [5, 5.41) is 1.40. The molecule has 1 amide bonds. The van der Waals surface area contributed by atoms with Crippen LogP contribution >= 0.6 is 0 Å². The highest BCUT2D eigenvalue weighted by atomic mass is 16.1. The monoisotopic (exact) mass is 177 g/mol. The Bertz CT molecular complexity index is 269. The van der Waals surface area contributed by atoms with Crippen molar-refractivity contribution in [3.8, 4) is 0 Å². The molecule has 0 aliphatic rings. The Hall–Kier alpha value is -1.15. The number of carbonyl (C=O) groups is 1. The van der Waals surface area contributed by atoms with Crippen LogP contribution in [0.15, 0.2) is 30.3 Å². The van der Waals surface area contributed by atoms with E-state index in [9.17, 15) is 4.79 Å². The van der Waals surface area contributed by atoms with Crippen molar-refractivity contribution in [1.29, 1.82) is 0 Å². The third-order valence-corrected chi connectivity index (χ3v) is 2.15. The van der Waals surface area contributed by atoms with E-state index in [2.05, 4.69) is 7.05 Å². The summed E-state index contributed by atoms with van der Waals surface area (Å²) in [6.07, 6.45) is 0.828. The molecule has 0 saturated heterocycles. The fourth-order valence-electron chi connectivity index (χ4n) is 1.43. The normalized spacial score (nSPS) is 12.5. The van der Waals surface area contributed by atoms with Crippen molar-refractivity contribution in [3.05, 3.63) is 42.9 Å². The summed E-state index contributed by atoms with van der Waals surface area (Å²) in [5.41, 5.74) is 1.08. The lowest BCUT2D eigenvalue weighted by atomic mass is 9.96. The molecule has 2 nitrogen and oxygen atoms in total. The summed E-state index contributed by atoms with van der Waals surface area (Å²) in [7, 11) is 3.51. The molecular weight excluding hydrogens is 162 g/mol. The van der Waals surface area contributed by atoms with E-state index < -0.39 is 0 Å². The lowest BCUT2D eigenvalue weighted by Gasteiger charge is -2.11. The molecule has 0 heterocycles. The van der Waals surface area contributed by atoms with Crippen LogP contribution in [0.5, 0.6) is 0 Å². The predicted octanol–water partition coefficient (Wildman–Crippen LogP) is 1.06. The van der Waals surface area contributed by atoms with E-state index >= 15 is 0 Å². The topological polar surface area (TPSA) is 33.7 Å². The fraction of sp³-hybridized carbons (Fsp3) is 0.273. The second-order valence-corrected chi connectivity index (χ2v) is 2.98. The summed E-state index contributed by atoms with van der Waals surface area (Å²) < 4.78 is 0. The number of rotatable bonds is 3. The van der Waals surface area contributed by atoms with Gasteiger partial charge in [-0.1, -0.05) is 37.3 Å². The molecule has 1 aromatic rings. The Morgan fingerprint density at radius 3 is 2.54 bits per heavy atom. The highest BCUT2D eigenvalue weighted by molar-refractivity contribution is 5.74. The maximum absolute atomic E-state index is 11.4. The maximum atomic E-state index is 11.4. The van der Waals surface area contributed by atoms with Crippen LogP contribution in [-0.4, -0.2) is 5.91 Å². The molecule has 2 N–H and O–H groups in total.